The van der Waals surface area contributed by atoms with Crippen LogP contribution < -0.4 is 5.76 Å². The van der Waals surface area contributed by atoms with E-state index in [9.17, 15) is 9.90 Å². The number of hydrogen-bond acceptors (Lipinski definition) is 4. The number of aliphatic hydroxyl groups excluding tert-OH is 1. The van der Waals surface area contributed by atoms with Gasteiger partial charge in [0.25, 0.3) is 0 Å². The molecule has 0 radical (unpaired) electrons. The Labute approximate surface area is 107 Å². The van der Waals surface area contributed by atoms with Gasteiger partial charge in [0.05, 0.1) is 5.52 Å². The van der Waals surface area contributed by atoms with Crippen molar-refractivity contribution in [3.05, 3.63) is 56.7 Å². The Balaban J connectivity index is 2.11. The number of aromatic nitrogens is 1. The summed E-state index contributed by atoms with van der Waals surface area (Å²) in [6.45, 7) is 0. The number of nitrogens with zero attached hydrogens (tertiary/aromatic N) is 1. The zero-order valence-electron chi connectivity index (χ0n) is 9.66. The summed E-state index contributed by atoms with van der Waals surface area (Å²) in [6.07, 6.45) is -0.689. The number of benzene rings is 1. The highest BCUT2D eigenvalue weighted by atomic mass is 32.1. The second-order valence-corrected chi connectivity index (χ2v) is 4.89. The molecule has 0 bridgehead atoms. The predicted molar refractivity (Wildman–Crippen MR) is 69.8 cm³/mol. The molecule has 1 unspecified atom stereocenters. The van der Waals surface area contributed by atoms with Crippen molar-refractivity contribution in [1.29, 1.82) is 0 Å². The summed E-state index contributed by atoms with van der Waals surface area (Å²) >= 11 is 1.54. The van der Waals surface area contributed by atoms with E-state index < -0.39 is 11.9 Å². The average molecular weight is 261 g/mol. The van der Waals surface area contributed by atoms with Crippen LogP contribution in [-0.2, 0) is 7.05 Å². The Morgan fingerprint density at radius 2 is 2.17 bits per heavy atom. The molecule has 0 aliphatic rings. The molecule has 2 heterocycles. The summed E-state index contributed by atoms with van der Waals surface area (Å²) in [5, 5.41) is 14.0. The third kappa shape index (κ3) is 1.68. The van der Waals surface area contributed by atoms with Crippen LogP contribution in [0.25, 0.3) is 11.1 Å². The fourth-order valence-corrected chi connectivity index (χ4v) is 2.62. The summed E-state index contributed by atoms with van der Waals surface area (Å²) < 4.78 is 6.55. The third-order valence-electron chi connectivity index (χ3n) is 2.99. The summed E-state index contributed by atoms with van der Waals surface area (Å²) in [5.41, 5.74) is 2.78. The predicted octanol–water partition coefficient (Wildman–Crippen LogP) is 2.27. The lowest BCUT2D eigenvalue weighted by Crippen LogP contribution is -2.08. The van der Waals surface area contributed by atoms with Crippen molar-refractivity contribution in [3.8, 4) is 0 Å². The van der Waals surface area contributed by atoms with Crippen LogP contribution in [0.3, 0.4) is 0 Å². The average Bonchev–Trinajstić information content (AvgIpc) is 2.98. The molecule has 0 saturated heterocycles. The Kier molecular flexibility index (Phi) is 2.57. The first-order chi connectivity index (χ1) is 8.66. The molecule has 1 atom stereocenters. The van der Waals surface area contributed by atoms with Gasteiger partial charge in [-0.25, -0.2) is 4.79 Å². The quantitative estimate of drug-likeness (QED) is 0.770. The zero-order chi connectivity index (χ0) is 12.7. The molecule has 0 saturated carbocycles. The van der Waals surface area contributed by atoms with Gasteiger partial charge in [-0.1, -0.05) is 6.07 Å². The highest BCUT2D eigenvalue weighted by Crippen LogP contribution is 2.26. The van der Waals surface area contributed by atoms with Crippen molar-refractivity contribution >= 4 is 22.4 Å². The van der Waals surface area contributed by atoms with Crippen molar-refractivity contribution in [2.45, 2.75) is 6.10 Å². The van der Waals surface area contributed by atoms with Crippen LogP contribution in [0.5, 0.6) is 0 Å². The van der Waals surface area contributed by atoms with Gasteiger partial charge in [-0.15, -0.1) is 0 Å². The van der Waals surface area contributed by atoms with E-state index in [2.05, 4.69) is 0 Å². The monoisotopic (exact) mass is 261 g/mol. The highest BCUT2D eigenvalue weighted by Gasteiger charge is 2.13. The summed E-state index contributed by atoms with van der Waals surface area (Å²) in [5.74, 6) is -0.396. The molecule has 0 aliphatic heterocycles. The van der Waals surface area contributed by atoms with Gasteiger partial charge in [0.15, 0.2) is 5.58 Å². The smallest absolute Gasteiger partial charge is 0.408 e. The zero-order valence-corrected chi connectivity index (χ0v) is 10.5. The molecule has 0 fully saturated rings. The Morgan fingerprint density at radius 1 is 1.33 bits per heavy atom. The van der Waals surface area contributed by atoms with Crippen LogP contribution in [0.4, 0.5) is 0 Å². The summed E-state index contributed by atoms with van der Waals surface area (Å²) in [4.78, 5) is 11.4. The van der Waals surface area contributed by atoms with E-state index >= 15 is 0 Å². The van der Waals surface area contributed by atoms with E-state index in [1.54, 1.807) is 25.2 Å². The van der Waals surface area contributed by atoms with Crippen LogP contribution in [0.2, 0.25) is 0 Å². The Morgan fingerprint density at radius 3 is 2.89 bits per heavy atom. The molecule has 3 aromatic rings. The molecule has 18 heavy (non-hydrogen) atoms. The molecular formula is C13H11NO3S. The first-order valence-corrected chi connectivity index (χ1v) is 6.41. The van der Waals surface area contributed by atoms with E-state index in [-0.39, 0.29) is 0 Å². The SMILES string of the molecule is Cn1c(=O)oc2cc(C(O)c3ccsc3)ccc21. The van der Waals surface area contributed by atoms with Gasteiger partial charge in [-0.2, -0.15) is 11.3 Å². The van der Waals surface area contributed by atoms with Crippen LogP contribution in [0.15, 0.2) is 44.2 Å². The van der Waals surface area contributed by atoms with E-state index in [0.29, 0.717) is 5.58 Å². The summed E-state index contributed by atoms with van der Waals surface area (Å²) in [7, 11) is 1.66. The van der Waals surface area contributed by atoms with Gasteiger partial charge < -0.3 is 9.52 Å². The largest absolute Gasteiger partial charge is 0.419 e. The lowest BCUT2D eigenvalue weighted by atomic mass is 10.0. The number of aryl methyl sites for hydroxylation is 1. The molecule has 3 rings (SSSR count). The van der Waals surface area contributed by atoms with Gasteiger partial charge in [0.2, 0.25) is 0 Å². The lowest BCUT2D eigenvalue weighted by molar-refractivity contribution is 0.221. The molecule has 4 nitrogen and oxygen atoms in total. The Hall–Kier alpha value is -1.85. The number of aliphatic hydroxyl groups is 1. The molecule has 5 heteroatoms. The standard InChI is InChI=1S/C13H11NO3S/c1-14-10-3-2-8(6-11(10)17-13(14)16)12(15)9-4-5-18-7-9/h2-7,12,15H,1H3. The van der Waals surface area contributed by atoms with Crippen LogP contribution >= 0.6 is 11.3 Å². The maximum atomic E-state index is 11.4. The van der Waals surface area contributed by atoms with E-state index in [1.807, 2.05) is 16.8 Å². The topological polar surface area (TPSA) is 55.4 Å². The van der Waals surface area contributed by atoms with Crippen molar-refractivity contribution in [2.24, 2.45) is 7.05 Å². The highest BCUT2D eigenvalue weighted by molar-refractivity contribution is 7.07. The normalized spacial score (nSPS) is 13.0. The number of rotatable bonds is 2. The fourth-order valence-electron chi connectivity index (χ4n) is 1.94. The molecule has 1 aromatic carbocycles. The minimum absolute atomic E-state index is 0.396. The lowest BCUT2D eigenvalue weighted by Gasteiger charge is -2.08. The van der Waals surface area contributed by atoms with Gasteiger partial charge in [-0.3, -0.25) is 4.57 Å². The molecule has 92 valence electrons. The van der Waals surface area contributed by atoms with Gasteiger partial charge >= 0.3 is 5.76 Å². The minimum atomic E-state index is -0.689. The van der Waals surface area contributed by atoms with E-state index in [1.165, 1.54) is 15.9 Å². The first kappa shape index (κ1) is 11.3. The first-order valence-electron chi connectivity index (χ1n) is 5.46. The second kappa shape index (κ2) is 4.12. The number of hydrogen-bond donors (Lipinski definition) is 1. The van der Waals surface area contributed by atoms with E-state index in [4.69, 9.17) is 4.42 Å². The maximum Gasteiger partial charge on any atom is 0.419 e. The third-order valence-corrected chi connectivity index (χ3v) is 3.69. The van der Waals surface area contributed by atoms with Crippen LogP contribution in [0, 0.1) is 0 Å². The summed E-state index contributed by atoms with van der Waals surface area (Å²) in [6, 6.07) is 7.17. The maximum absolute atomic E-state index is 11.4. The van der Waals surface area contributed by atoms with Crippen LogP contribution in [0.1, 0.15) is 17.2 Å². The van der Waals surface area contributed by atoms with Gasteiger partial charge in [0.1, 0.15) is 6.10 Å². The van der Waals surface area contributed by atoms with Gasteiger partial charge in [-0.05, 0) is 40.1 Å². The van der Waals surface area contributed by atoms with Crippen molar-refractivity contribution in [1.82, 2.24) is 4.57 Å². The molecule has 0 aliphatic carbocycles. The Bertz CT molecular complexity index is 739. The second-order valence-electron chi connectivity index (χ2n) is 4.11. The van der Waals surface area contributed by atoms with Gasteiger partial charge in [0, 0.05) is 7.05 Å². The fraction of sp³-hybridized carbons (Fsp3) is 0.154. The minimum Gasteiger partial charge on any atom is -0.408 e. The van der Waals surface area contributed by atoms with E-state index in [0.717, 1.165) is 16.6 Å². The number of oxazole rings is 1. The van der Waals surface area contributed by atoms with Crippen LogP contribution in [-0.4, -0.2) is 9.67 Å². The molecular weight excluding hydrogens is 250 g/mol. The van der Waals surface area contributed by atoms with Crippen molar-refractivity contribution in [2.75, 3.05) is 0 Å². The number of thiophene rings is 1. The number of fused-ring (bicyclic) bond motifs is 1. The van der Waals surface area contributed by atoms with Crippen molar-refractivity contribution in [3.63, 3.8) is 0 Å². The molecule has 1 N–H and O–H groups in total. The molecule has 0 amide bonds. The molecule has 0 spiro atoms. The molecule has 2 aromatic heterocycles. The van der Waals surface area contributed by atoms with Crippen molar-refractivity contribution < 1.29 is 9.52 Å².